The molecule has 0 N–H and O–H groups in total. The summed E-state index contributed by atoms with van der Waals surface area (Å²) in [6.45, 7) is 0. The molecule has 6 rings (SSSR count). The van der Waals surface area contributed by atoms with Crippen molar-refractivity contribution in [1.29, 1.82) is 0 Å². The number of ketones is 1. The van der Waals surface area contributed by atoms with Gasteiger partial charge in [-0.25, -0.2) is 4.58 Å². The van der Waals surface area contributed by atoms with Gasteiger partial charge < -0.3 is 24.5 Å². The Bertz CT molecular complexity index is 2390. The van der Waals surface area contributed by atoms with Gasteiger partial charge in [-0.3, -0.25) is 9.59 Å². The highest BCUT2D eigenvalue weighted by atomic mass is 16.1. The number of allylic oxidation sites excluding steroid dienone is 10. The SMILES string of the molecule is CN(C)c1ccc(/C=C/C=O)cc1.CN(C)c1ccc(C(=CC=CC=C2C=CC(=[N+](C)C)C=C2)c2ccc(N(C)C)cc2)cc1.CN(C)c1ccc(C(=O)c2ccc(N(C)C)cc2)cc1. The third-order valence-electron chi connectivity index (χ3n) is 10.5. The minimum atomic E-state index is 0.0561. The van der Waals surface area contributed by atoms with Gasteiger partial charge in [0.05, 0.1) is 0 Å². The van der Waals surface area contributed by atoms with Crippen molar-refractivity contribution in [3.8, 4) is 0 Å². The summed E-state index contributed by atoms with van der Waals surface area (Å²) in [5.41, 5.74) is 14.2. The van der Waals surface area contributed by atoms with Gasteiger partial charge >= 0.3 is 0 Å². The number of hydrogen-bond acceptors (Lipinski definition) is 7. The standard InChI is InChI=1S/C29H34N3.C17H20N2O.C11H13NO/c1-30(2)26-17-11-23(12-18-26)9-7-8-10-29(24-13-19-27(20-14-24)31(3)4)25-15-21-28(22-16-25)32(5)6;1-18(2)15-9-5-13(6-10-15)17(20)14-7-11-16(12-8-14)19(3)4;1-12(2)11-7-5-10(6-8-11)4-3-9-13/h7-22H,1-6H3;5-12H,1-4H3;3-9H,1-2H3/q+1;;/b;;4-3+. The maximum Gasteiger partial charge on any atom is 0.199 e. The van der Waals surface area contributed by atoms with E-state index in [9.17, 15) is 9.59 Å². The molecule has 0 aliphatic heterocycles. The van der Waals surface area contributed by atoms with Crippen LogP contribution in [0.3, 0.4) is 0 Å². The summed E-state index contributed by atoms with van der Waals surface area (Å²) in [7, 11) is 24.3. The number of nitrogens with zero attached hydrogens (tertiary/aromatic N) is 6. The summed E-state index contributed by atoms with van der Waals surface area (Å²) in [4.78, 5) is 32.7. The Hall–Kier alpha value is -7.45. The number of carbonyl (C=O) groups excluding carboxylic acids is 2. The molecule has 65 heavy (non-hydrogen) atoms. The van der Waals surface area contributed by atoms with Crippen molar-refractivity contribution in [3.63, 3.8) is 0 Å². The molecule has 8 nitrogen and oxygen atoms in total. The highest BCUT2D eigenvalue weighted by Gasteiger charge is 2.10. The zero-order chi connectivity index (χ0) is 47.5. The Morgan fingerprint density at radius 2 is 0.769 bits per heavy atom. The molecule has 1 aliphatic rings. The third-order valence-corrected chi connectivity index (χ3v) is 10.5. The van der Waals surface area contributed by atoms with Crippen molar-refractivity contribution in [2.45, 2.75) is 0 Å². The fraction of sp³-hybridized carbons (Fsp3) is 0.211. The van der Waals surface area contributed by atoms with Crippen molar-refractivity contribution < 1.29 is 14.2 Å². The van der Waals surface area contributed by atoms with Crippen LogP contribution >= 0.6 is 0 Å². The Morgan fingerprint density at radius 1 is 0.431 bits per heavy atom. The van der Waals surface area contributed by atoms with E-state index in [1.54, 1.807) is 6.08 Å². The van der Waals surface area contributed by atoms with Crippen molar-refractivity contribution in [3.05, 3.63) is 209 Å². The maximum absolute atomic E-state index is 12.4. The lowest BCUT2D eigenvalue weighted by molar-refractivity contribution is -0.462. The first-order valence-corrected chi connectivity index (χ1v) is 21.6. The minimum Gasteiger partial charge on any atom is -0.378 e. The van der Waals surface area contributed by atoms with Crippen molar-refractivity contribution in [2.24, 2.45) is 0 Å². The molecular weight excluding hydrogens is 801 g/mol. The fourth-order valence-corrected chi connectivity index (χ4v) is 6.46. The van der Waals surface area contributed by atoms with E-state index in [1.165, 1.54) is 45.4 Å². The molecule has 0 aromatic heterocycles. The lowest BCUT2D eigenvalue weighted by atomic mass is 9.96. The van der Waals surface area contributed by atoms with Crippen LogP contribution in [0.1, 0.15) is 32.6 Å². The monoisotopic (exact) mass is 868 g/mol. The van der Waals surface area contributed by atoms with Crippen LogP contribution in [-0.4, -0.2) is 107 Å². The molecule has 5 aromatic rings. The molecule has 0 atom stereocenters. The summed E-state index contributed by atoms with van der Waals surface area (Å²) in [5.74, 6) is 0.0561. The molecular formula is C57H67N6O2+. The van der Waals surface area contributed by atoms with Crippen LogP contribution in [0.5, 0.6) is 0 Å². The lowest BCUT2D eigenvalue weighted by Crippen LogP contribution is -2.10. The van der Waals surface area contributed by atoms with Crippen LogP contribution in [0.4, 0.5) is 28.4 Å². The molecule has 0 saturated carbocycles. The van der Waals surface area contributed by atoms with Gasteiger partial charge in [0.2, 0.25) is 0 Å². The summed E-state index contributed by atoms with van der Waals surface area (Å²) in [6.07, 6.45) is 21.2. The smallest absolute Gasteiger partial charge is 0.199 e. The van der Waals surface area contributed by atoms with E-state index in [2.05, 4.69) is 154 Å². The van der Waals surface area contributed by atoms with Crippen molar-refractivity contribution in [2.75, 3.05) is 109 Å². The van der Waals surface area contributed by atoms with E-state index in [0.29, 0.717) is 11.1 Å². The van der Waals surface area contributed by atoms with Gasteiger partial charge in [0.1, 0.15) is 20.4 Å². The van der Waals surface area contributed by atoms with Gasteiger partial charge in [-0.2, -0.15) is 0 Å². The van der Waals surface area contributed by atoms with Gasteiger partial charge in [-0.15, -0.1) is 0 Å². The van der Waals surface area contributed by atoms with Gasteiger partial charge in [-0.05, 0) is 131 Å². The molecule has 336 valence electrons. The second-order valence-corrected chi connectivity index (χ2v) is 16.7. The second kappa shape index (κ2) is 25.0. The Labute approximate surface area is 389 Å². The average molecular weight is 868 g/mol. The zero-order valence-corrected chi connectivity index (χ0v) is 40.4. The molecule has 5 aromatic carbocycles. The first-order chi connectivity index (χ1) is 31.1. The fourth-order valence-electron chi connectivity index (χ4n) is 6.46. The number of rotatable bonds is 13. The summed E-state index contributed by atoms with van der Waals surface area (Å²) < 4.78 is 2.11. The topological polar surface area (TPSA) is 53.4 Å². The molecule has 0 fully saturated rings. The third kappa shape index (κ3) is 15.7. The number of anilines is 5. The van der Waals surface area contributed by atoms with Crippen molar-refractivity contribution in [1.82, 2.24) is 0 Å². The van der Waals surface area contributed by atoms with Gasteiger partial charge in [0.25, 0.3) is 0 Å². The molecule has 0 unspecified atom stereocenters. The number of benzene rings is 5. The summed E-state index contributed by atoms with van der Waals surface area (Å²) >= 11 is 0. The van der Waals surface area contributed by atoms with Crippen LogP contribution in [0.25, 0.3) is 11.6 Å². The van der Waals surface area contributed by atoms with Gasteiger partial charge in [0, 0.05) is 122 Å². The first-order valence-electron chi connectivity index (χ1n) is 21.6. The first kappa shape index (κ1) is 50.2. The molecule has 0 radical (unpaired) electrons. The second-order valence-electron chi connectivity index (χ2n) is 16.7. The Balaban J connectivity index is 0.000000238. The zero-order valence-electron chi connectivity index (χ0n) is 40.4. The molecule has 0 bridgehead atoms. The highest BCUT2D eigenvalue weighted by molar-refractivity contribution is 6.09. The highest BCUT2D eigenvalue weighted by Crippen LogP contribution is 2.27. The predicted octanol–water partition coefficient (Wildman–Crippen LogP) is 10.6. The van der Waals surface area contributed by atoms with Crippen LogP contribution in [0.2, 0.25) is 0 Å². The molecule has 1 aliphatic carbocycles. The van der Waals surface area contributed by atoms with Gasteiger partial charge in [0.15, 0.2) is 11.5 Å². The van der Waals surface area contributed by atoms with E-state index in [-0.39, 0.29) is 5.78 Å². The van der Waals surface area contributed by atoms with Crippen molar-refractivity contribution >= 4 is 57.9 Å². The quantitative estimate of drug-likeness (QED) is 0.0384. The lowest BCUT2D eigenvalue weighted by Gasteiger charge is -2.15. The van der Waals surface area contributed by atoms with Gasteiger partial charge in [-0.1, -0.05) is 66.8 Å². The number of hydrogen-bond donors (Lipinski definition) is 0. The van der Waals surface area contributed by atoms with Crippen LogP contribution < -0.4 is 24.5 Å². The molecule has 8 heteroatoms. The number of carbonyl (C=O) groups is 2. The van der Waals surface area contributed by atoms with Crippen LogP contribution in [-0.2, 0) is 4.79 Å². The Kier molecular flexibility index (Phi) is 19.3. The molecule has 0 heterocycles. The maximum atomic E-state index is 12.4. The normalized spacial score (nSPS) is 11.5. The Morgan fingerprint density at radius 3 is 1.09 bits per heavy atom. The number of aldehydes is 1. The minimum absolute atomic E-state index is 0.0561. The van der Waals surface area contributed by atoms with Crippen LogP contribution in [0, 0.1) is 0 Å². The van der Waals surface area contributed by atoms with E-state index in [1.807, 2.05) is 130 Å². The van der Waals surface area contributed by atoms with E-state index in [0.717, 1.165) is 28.9 Å². The molecule has 0 saturated heterocycles. The summed E-state index contributed by atoms with van der Waals surface area (Å²) in [6, 6.07) is 40.8. The summed E-state index contributed by atoms with van der Waals surface area (Å²) in [5, 5.41) is 0. The molecule has 0 spiro atoms. The van der Waals surface area contributed by atoms with E-state index < -0.39 is 0 Å². The van der Waals surface area contributed by atoms with Crippen LogP contribution in [0.15, 0.2) is 182 Å². The van der Waals surface area contributed by atoms with E-state index >= 15 is 0 Å². The molecule has 0 amide bonds. The van der Waals surface area contributed by atoms with E-state index in [4.69, 9.17) is 0 Å². The predicted molar refractivity (Wildman–Crippen MR) is 282 cm³/mol. The average Bonchev–Trinajstić information content (AvgIpc) is 3.31. The largest absolute Gasteiger partial charge is 0.378 e.